The van der Waals surface area contributed by atoms with Crippen LogP contribution >= 0.6 is 0 Å². The molecule has 21 heavy (non-hydrogen) atoms. The maximum absolute atomic E-state index is 10.9. The van der Waals surface area contributed by atoms with E-state index in [0.29, 0.717) is 17.0 Å². The van der Waals surface area contributed by atoms with E-state index in [0.717, 1.165) is 12.3 Å². The largest absolute Gasteiger partial charge is 0.294 e. The first-order chi connectivity index (χ1) is 10.00. The topological polar surface area (TPSA) is 67.5 Å². The van der Waals surface area contributed by atoms with E-state index in [2.05, 4.69) is 30.5 Å². The van der Waals surface area contributed by atoms with Crippen molar-refractivity contribution in [1.29, 1.82) is 0 Å². The lowest BCUT2D eigenvalue weighted by atomic mass is 9.49. The smallest absolute Gasteiger partial charge is 0.272 e. The Bertz CT molecular complexity index is 634. The highest BCUT2D eigenvalue weighted by Crippen LogP contribution is 2.58. The van der Waals surface area contributed by atoms with Crippen LogP contribution in [-0.4, -0.2) is 11.1 Å². The van der Waals surface area contributed by atoms with E-state index in [1.165, 1.54) is 18.1 Å². The van der Waals surface area contributed by atoms with Crippen molar-refractivity contribution in [2.45, 2.75) is 26.7 Å². The standard InChI is InChI=1S/C16H19N3O2/c1-16(2)12-8-7-11(13(16)9-12)10-17-18-14-5-3-4-6-15(14)19(20)21/h3-7,10,12-13,18H,8-9H2,1-2H3/b17-10+. The summed E-state index contributed by atoms with van der Waals surface area (Å²) in [6.45, 7) is 4.62. The Morgan fingerprint density at radius 2 is 2.19 bits per heavy atom. The SMILES string of the molecule is CC1(C)C2CC=C(/C=N/Nc3ccccc3[N+](=O)[O-])C1C2. The van der Waals surface area contributed by atoms with Crippen LogP contribution in [0.5, 0.6) is 0 Å². The molecular weight excluding hydrogens is 266 g/mol. The average molecular weight is 285 g/mol. The summed E-state index contributed by atoms with van der Waals surface area (Å²) in [4.78, 5) is 10.5. The van der Waals surface area contributed by atoms with Gasteiger partial charge in [-0.3, -0.25) is 15.5 Å². The van der Waals surface area contributed by atoms with Crippen molar-refractivity contribution in [3.63, 3.8) is 0 Å². The number of hydrogen-bond donors (Lipinski definition) is 1. The molecule has 5 nitrogen and oxygen atoms in total. The molecule has 0 saturated heterocycles. The Hall–Kier alpha value is -2.17. The van der Waals surface area contributed by atoms with Crippen LogP contribution in [0.15, 0.2) is 41.0 Å². The number of fused-ring (bicyclic) bond motifs is 1. The predicted molar refractivity (Wildman–Crippen MR) is 83.3 cm³/mol. The van der Waals surface area contributed by atoms with E-state index in [1.54, 1.807) is 18.2 Å². The van der Waals surface area contributed by atoms with Crippen LogP contribution in [0.3, 0.4) is 0 Å². The highest BCUT2D eigenvalue weighted by molar-refractivity contribution is 5.81. The first-order valence-corrected chi connectivity index (χ1v) is 7.22. The predicted octanol–water partition coefficient (Wildman–Crippen LogP) is 3.98. The fourth-order valence-corrected chi connectivity index (χ4v) is 3.45. The maximum Gasteiger partial charge on any atom is 0.294 e. The number of para-hydroxylation sites is 2. The third-order valence-electron chi connectivity index (χ3n) is 5.01. The maximum atomic E-state index is 10.9. The van der Waals surface area contributed by atoms with Gasteiger partial charge >= 0.3 is 0 Å². The minimum Gasteiger partial charge on any atom is -0.272 e. The van der Waals surface area contributed by atoms with Crippen molar-refractivity contribution in [3.05, 3.63) is 46.0 Å². The second kappa shape index (κ2) is 4.98. The van der Waals surface area contributed by atoms with Crippen molar-refractivity contribution in [2.24, 2.45) is 22.4 Å². The lowest BCUT2D eigenvalue weighted by Gasteiger charge is -2.55. The fraction of sp³-hybridized carbons (Fsp3) is 0.438. The molecule has 2 unspecified atom stereocenters. The van der Waals surface area contributed by atoms with Crippen LogP contribution < -0.4 is 5.43 Å². The van der Waals surface area contributed by atoms with Crippen LogP contribution in [0, 0.1) is 27.4 Å². The molecule has 4 rings (SSSR count). The molecule has 0 amide bonds. The molecular formula is C16H19N3O2. The molecule has 1 aromatic rings. The third-order valence-corrected chi connectivity index (χ3v) is 5.01. The number of nitrogens with one attached hydrogen (secondary N) is 1. The molecule has 0 radical (unpaired) electrons. The van der Waals surface area contributed by atoms with Crippen molar-refractivity contribution < 1.29 is 4.92 Å². The Balaban J connectivity index is 1.71. The zero-order valence-corrected chi connectivity index (χ0v) is 12.2. The van der Waals surface area contributed by atoms with Gasteiger partial charge in [0.1, 0.15) is 5.69 Å². The first-order valence-electron chi connectivity index (χ1n) is 7.22. The molecule has 2 bridgehead atoms. The molecule has 0 spiro atoms. The minimum absolute atomic E-state index is 0.0383. The van der Waals surface area contributed by atoms with Gasteiger partial charge in [0.15, 0.2) is 0 Å². The van der Waals surface area contributed by atoms with Gasteiger partial charge in [-0.05, 0) is 41.7 Å². The number of nitrogens with zero attached hydrogens (tertiary/aromatic N) is 2. The van der Waals surface area contributed by atoms with Gasteiger partial charge in [-0.25, -0.2) is 0 Å². The van der Waals surface area contributed by atoms with Gasteiger partial charge in [-0.2, -0.15) is 5.10 Å². The summed E-state index contributed by atoms with van der Waals surface area (Å²) < 4.78 is 0. The first kappa shape index (κ1) is 13.8. The van der Waals surface area contributed by atoms with Gasteiger partial charge in [0.05, 0.1) is 11.1 Å². The molecule has 3 aliphatic carbocycles. The van der Waals surface area contributed by atoms with Crippen LogP contribution in [0.2, 0.25) is 0 Å². The normalized spacial score (nSPS) is 26.1. The zero-order valence-electron chi connectivity index (χ0n) is 12.2. The van der Waals surface area contributed by atoms with Crippen molar-refractivity contribution in [2.75, 3.05) is 5.43 Å². The number of hydrazone groups is 1. The van der Waals surface area contributed by atoms with Crippen molar-refractivity contribution in [1.82, 2.24) is 0 Å². The van der Waals surface area contributed by atoms with Gasteiger partial charge in [0.25, 0.3) is 5.69 Å². The number of hydrogen-bond acceptors (Lipinski definition) is 4. The number of nitro benzene ring substituents is 1. The lowest BCUT2D eigenvalue weighted by molar-refractivity contribution is -0.384. The van der Waals surface area contributed by atoms with Crippen molar-refractivity contribution in [3.8, 4) is 0 Å². The summed E-state index contributed by atoms with van der Waals surface area (Å²) in [6.07, 6.45) is 6.40. The summed E-state index contributed by atoms with van der Waals surface area (Å²) in [5.74, 6) is 1.36. The number of nitro groups is 1. The molecule has 0 aromatic heterocycles. The highest BCUT2D eigenvalue weighted by Gasteiger charge is 2.50. The van der Waals surface area contributed by atoms with E-state index < -0.39 is 4.92 Å². The van der Waals surface area contributed by atoms with Gasteiger partial charge in [0.2, 0.25) is 0 Å². The van der Waals surface area contributed by atoms with Crippen LogP contribution in [0.1, 0.15) is 26.7 Å². The Morgan fingerprint density at radius 1 is 1.43 bits per heavy atom. The van der Waals surface area contributed by atoms with Gasteiger partial charge < -0.3 is 0 Å². The molecule has 1 fully saturated rings. The molecule has 1 N–H and O–H groups in total. The van der Waals surface area contributed by atoms with Crippen LogP contribution in [-0.2, 0) is 0 Å². The zero-order chi connectivity index (χ0) is 15.0. The van der Waals surface area contributed by atoms with Gasteiger partial charge in [0, 0.05) is 6.07 Å². The van der Waals surface area contributed by atoms with E-state index in [1.807, 2.05) is 6.21 Å². The summed E-state index contributed by atoms with van der Waals surface area (Å²) in [7, 11) is 0. The molecule has 110 valence electrons. The minimum atomic E-state index is -0.405. The van der Waals surface area contributed by atoms with E-state index >= 15 is 0 Å². The molecule has 1 saturated carbocycles. The number of benzene rings is 1. The fourth-order valence-electron chi connectivity index (χ4n) is 3.45. The monoisotopic (exact) mass is 285 g/mol. The van der Waals surface area contributed by atoms with Crippen molar-refractivity contribution >= 4 is 17.6 Å². The molecule has 1 aromatic carbocycles. The number of rotatable bonds is 4. The second-order valence-corrected chi connectivity index (χ2v) is 6.39. The quantitative estimate of drug-likeness (QED) is 0.517. The van der Waals surface area contributed by atoms with Crippen LogP contribution in [0.25, 0.3) is 0 Å². The molecule has 3 aliphatic rings. The Labute approximate surface area is 123 Å². The third kappa shape index (κ3) is 2.33. The van der Waals surface area contributed by atoms with Gasteiger partial charge in [-0.1, -0.05) is 32.1 Å². The molecule has 0 heterocycles. The molecule has 5 heteroatoms. The van der Waals surface area contributed by atoms with Gasteiger partial charge in [-0.15, -0.1) is 0 Å². The summed E-state index contributed by atoms with van der Waals surface area (Å²) in [5.41, 5.74) is 4.85. The second-order valence-electron chi connectivity index (χ2n) is 6.39. The van der Waals surface area contributed by atoms with Crippen LogP contribution in [0.4, 0.5) is 11.4 Å². The molecule has 0 aliphatic heterocycles. The Morgan fingerprint density at radius 3 is 2.86 bits per heavy atom. The van der Waals surface area contributed by atoms with E-state index in [4.69, 9.17) is 0 Å². The summed E-state index contributed by atoms with van der Waals surface area (Å²) >= 11 is 0. The average Bonchev–Trinajstić information content (AvgIpc) is 2.47. The molecule has 2 atom stereocenters. The van der Waals surface area contributed by atoms with E-state index in [9.17, 15) is 10.1 Å². The summed E-state index contributed by atoms with van der Waals surface area (Å²) in [5, 5.41) is 15.1. The lowest BCUT2D eigenvalue weighted by Crippen LogP contribution is -2.48. The Kier molecular flexibility index (Phi) is 3.27. The number of allylic oxidation sites excluding steroid dienone is 2. The highest BCUT2D eigenvalue weighted by atomic mass is 16.6. The summed E-state index contributed by atoms with van der Waals surface area (Å²) in [6, 6.07) is 6.53. The van der Waals surface area contributed by atoms with E-state index in [-0.39, 0.29) is 5.69 Å². The number of anilines is 1.